The quantitative estimate of drug-likeness (QED) is 0.839. The molecule has 0 aliphatic carbocycles. The summed E-state index contributed by atoms with van der Waals surface area (Å²) in [7, 11) is -2.48. The standard InChI is InChI=1S/C14H19NO5S/c1-20-14(17)11-5-4-7-13(9-11)21(18,19)15-8-3-2-6-12(15)10-16/h4-5,7,9,12,16H,2-3,6,8,10H2,1H3. The number of benzene rings is 1. The third-order valence-corrected chi connectivity index (χ3v) is 5.59. The predicted molar refractivity (Wildman–Crippen MR) is 76.4 cm³/mol. The van der Waals surface area contributed by atoms with Crippen LogP contribution in [0, 0.1) is 0 Å². The molecule has 0 radical (unpaired) electrons. The number of methoxy groups -OCH3 is 1. The van der Waals surface area contributed by atoms with E-state index in [9.17, 15) is 18.3 Å². The molecule has 1 atom stereocenters. The maximum atomic E-state index is 12.7. The molecule has 0 saturated carbocycles. The highest BCUT2D eigenvalue weighted by molar-refractivity contribution is 7.89. The maximum absolute atomic E-state index is 12.7. The van der Waals surface area contributed by atoms with Crippen molar-refractivity contribution in [1.82, 2.24) is 4.31 Å². The molecule has 1 N–H and O–H groups in total. The van der Waals surface area contributed by atoms with Crippen LogP contribution in [0.3, 0.4) is 0 Å². The lowest BCUT2D eigenvalue weighted by Gasteiger charge is -2.33. The highest BCUT2D eigenvalue weighted by Gasteiger charge is 2.33. The molecule has 0 spiro atoms. The summed E-state index contributed by atoms with van der Waals surface area (Å²) in [5, 5.41) is 9.37. The van der Waals surface area contributed by atoms with Crippen LogP contribution in [0.1, 0.15) is 29.6 Å². The van der Waals surface area contributed by atoms with E-state index in [1.54, 1.807) is 0 Å². The minimum atomic E-state index is -3.72. The van der Waals surface area contributed by atoms with E-state index in [-0.39, 0.29) is 17.1 Å². The van der Waals surface area contributed by atoms with Crippen molar-refractivity contribution in [3.05, 3.63) is 29.8 Å². The summed E-state index contributed by atoms with van der Waals surface area (Å²) < 4.78 is 31.3. The lowest BCUT2D eigenvalue weighted by Crippen LogP contribution is -2.45. The van der Waals surface area contributed by atoms with Crippen LogP contribution in [0.25, 0.3) is 0 Å². The van der Waals surface area contributed by atoms with Gasteiger partial charge in [0.05, 0.1) is 24.2 Å². The first-order valence-corrected chi connectivity index (χ1v) is 8.26. The molecule has 116 valence electrons. The molecule has 1 aromatic rings. The van der Waals surface area contributed by atoms with Crippen LogP contribution in [0.5, 0.6) is 0 Å². The predicted octanol–water partition coefficient (Wildman–Crippen LogP) is 1.01. The molecular formula is C14H19NO5S. The van der Waals surface area contributed by atoms with E-state index in [2.05, 4.69) is 4.74 Å². The van der Waals surface area contributed by atoms with Gasteiger partial charge < -0.3 is 9.84 Å². The fourth-order valence-corrected chi connectivity index (χ4v) is 4.24. The van der Waals surface area contributed by atoms with Crippen molar-refractivity contribution in [2.75, 3.05) is 20.3 Å². The Kier molecular flexibility index (Phi) is 4.97. The van der Waals surface area contributed by atoms with E-state index in [1.807, 2.05) is 0 Å². The number of rotatable bonds is 4. The lowest BCUT2D eigenvalue weighted by atomic mass is 10.1. The number of aliphatic hydroxyl groups is 1. The summed E-state index contributed by atoms with van der Waals surface area (Å²) in [6.45, 7) is 0.186. The van der Waals surface area contributed by atoms with Crippen LogP contribution in [-0.4, -0.2) is 50.1 Å². The van der Waals surface area contributed by atoms with Gasteiger partial charge in [-0.15, -0.1) is 0 Å². The van der Waals surface area contributed by atoms with E-state index in [1.165, 1.54) is 35.7 Å². The first-order chi connectivity index (χ1) is 10.0. The molecule has 1 saturated heterocycles. The Morgan fingerprint density at radius 2 is 2.19 bits per heavy atom. The zero-order chi connectivity index (χ0) is 15.5. The molecule has 0 bridgehead atoms. The van der Waals surface area contributed by atoms with Crippen molar-refractivity contribution < 1.29 is 23.1 Å². The fourth-order valence-electron chi connectivity index (χ4n) is 2.51. The monoisotopic (exact) mass is 313 g/mol. The second-order valence-corrected chi connectivity index (χ2v) is 6.86. The third kappa shape index (κ3) is 3.25. The minimum absolute atomic E-state index is 0.0470. The Hall–Kier alpha value is -1.44. The highest BCUT2D eigenvalue weighted by Crippen LogP contribution is 2.25. The zero-order valence-electron chi connectivity index (χ0n) is 11.9. The van der Waals surface area contributed by atoms with Crippen molar-refractivity contribution in [3.8, 4) is 0 Å². The summed E-state index contributed by atoms with van der Waals surface area (Å²) >= 11 is 0. The molecule has 1 unspecified atom stereocenters. The molecule has 1 aromatic carbocycles. The van der Waals surface area contributed by atoms with Gasteiger partial charge in [0.25, 0.3) is 0 Å². The molecular weight excluding hydrogens is 294 g/mol. The molecule has 1 aliphatic heterocycles. The smallest absolute Gasteiger partial charge is 0.337 e. The first-order valence-electron chi connectivity index (χ1n) is 6.82. The van der Waals surface area contributed by atoms with Gasteiger partial charge in [-0.2, -0.15) is 4.31 Å². The maximum Gasteiger partial charge on any atom is 0.337 e. The number of sulfonamides is 1. The summed E-state index contributed by atoms with van der Waals surface area (Å²) in [5.74, 6) is -0.579. The zero-order valence-corrected chi connectivity index (χ0v) is 12.7. The topological polar surface area (TPSA) is 83.9 Å². The number of aliphatic hydroxyl groups excluding tert-OH is 1. The number of carbonyl (C=O) groups is 1. The van der Waals surface area contributed by atoms with Gasteiger partial charge >= 0.3 is 5.97 Å². The van der Waals surface area contributed by atoms with Gasteiger partial charge in [0, 0.05) is 12.6 Å². The van der Waals surface area contributed by atoms with Crippen molar-refractivity contribution in [1.29, 1.82) is 0 Å². The Labute approximate surface area is 124 Å². The molecule has 1 heterocycles. The number of carbonyl (C=O) groups excluding carboxylic acids is 1. The molecule has 7 heteroatoms. The summed E-state index contributed by atoms with van der Waals surface area (Å²) in [4.78, 5) is 11.6. The summed E-state index contributed by atoms with van der Waals surface area (Å²) in [5.41, 5.74) is 0.191. The number of esters is 1. The molecule has 1 fully saturated rings. The van der Waals surface area contributed by atoms with Crippen LogP contribution in [-0.2, 0) is 14.8 Å². The fraction of sp³-hybridized carbons (Fsp3) is 0.500. The van der Waals surface area contributed by atoms with Crippen molar-refractivity contribution >= 4 is 16.0 Å². The number of piperidine rings is 1. The van der Waals surface area contributed by atoms with Gasteiger partial charge in [-0.05, 0) is 31.0 Å². The van der Waals surface area contributed by atoms with E-state index >= 15 is 0 Å². The van der Waals surface area contributed by atoms with Gasteiger partial charge in [-0.1, -0.05) is 12.5 Å². The average molecular weight is 313 g/mol. The van der Waals surface area contributed by atoms with Crippen molar-refractivity contribution in [3.63, 3.8) is 0 Å². The number of nitrogens with zero attached hydrogens (tertiary/aromatic N) is 1. The second-order valence-electron chi connectivity index (χ2n) is 4.97. The Morgan fingerprint density at radius 3 is 2.86 bits per heavy atom. The van der Waals surface area contributed by atoms with E-state index in [0.717, 1.165) is 12.8 Å². The van der Waals surface area contributed by atoms with Crippen molar-refractivity contribution in [2.24, 2.45) is 0 Å². The minimum Gasteiger partial charge on any atom is -0.465 e. The van der Waals surface area contributed by atoms with Gasteiger partial charge in [0.1, 0.15) is 0 Å². The van der Waals surface area contributed by atoms with Crippen LogP contribution in [0.2, 0.25) is 0 Å². The Balaban J connectivity index is 2.36. The van der Waals surface area contributed by atoms with Crippen LogP contribution in [0.15, 0.2) is 29.2 Å². The lowest BCUT2D eigenvalue weighted by molar-refractivity contribution is 0.0600. The molecule has 21 heavy (non-hydrogen) atoms. The Morgan fingerprint density at radius 1 is 1.43 bits per heavy atom. The average Bonchev–Trinajstić information content (AvgIpc) is 2.54. The van der Waals surface area contributed by atoms with Crippen molar-refractivity contribution in [2.45, 2.75) is 30.2 Å². The molecule has 0 aromatic heterocycles. The summed E-state index contributed by atoms with van der Waals surface area (Å²) in [6, 6.07) is 5.38. The molecule has 2 rings (SSSR count). The molecule has 0 amide bonds. The third-order valence-electron chi connectivity index (χ3n) is 3.65. The molecule has 1 aliphatic rings. The van der Waals surface area contributed by atoms with E-state index < -0.39 is 22.0 Å². The number of hydrogen-bond donors (Lipinski definition) is 1. The Bertz CT molecular complexity index is 614. The number of hydrogen-bond acceptors (Lipinski definition) is 5. The van der Waals surface area contributed by atoms with Crippen LogP contribution in [0.4, 0.5) is 0 Å². The molecule has 6 nitrogen and oxygen atoms in total. The van der Waals surface area contributed by atoms with E-state index in [4.69, 9.17) is 0 Å². The highest BCUT2D eigenvalue weighted by atomic mass is 32.2. The van der Waals surface area contributed by atoms with Crippen LogP contribution >= 0.6 is 0 Å². The SMILES string of the molecule is COC(=O)c1cccc(S(=O)(=O)N2CCCCC2CO)c1. The largest absolute Gasteiger partial charge is 0.465 e. The van der Waals surface area contributed by atoms with Gasteiger partial charge in [-0.25, -0.2) is 13.2 Å². The normalized spacial score (nSPS) is 20.2. The summed E-state index contributed by atoms with van der Waals surface area (Å²) in [6.07, 6.45) is 2.32. The second kappa shape index (κ2) is 6.55. The van der Waals surface area contributed by atoms with E-state index in [0.29, 0.717) is 13.0 Å². The van der Waals surface area contributed by atoms with Gasteiger partial charge in [0.15, 0.2) is 0 Å². The first kappa shape index (κ1) is 15.9. The number of ether oxygens (including phenoxy) is 1. The van der Waals surface area contributed by atoms with Crippen LogP contribution < -0.4 is 0 Å². The van der Waals surface area contributed by atoms with Gasteiger partial charge in [-0.3, -0.25) is 0 Å². The van der Waals surface area contributed by atoms with Gasteiger partial charge in [0.2, 0.25) is 10.0 Å².